The molecule has 2 aromatic rings. The van der Waals surface area contributed by atoms with Gasteiger partial charge in [-0.05, 0) is 18.2 Å². The van der Waals surface area contributed by atoms with E-state index in [4.69, 9.17) is 9.84 Å². The summed E-state index contributed by atoms with van der Waals surface area (Å²) in [5, 5.41) is 13.0. The number of halogens is 1. The SMILES string of the molecule is OCc1ncnn1CCOc1cccc(Br)c1. The molecule has 6 heteroatoms. The van der Waals surface area contributed by atoms with Gasteiger partial charge >= 0.3 is 0 Å². The molecule has 0 spiro atoms. The zero-order valence-corrected chi connectivity index (χ0v) is 10.7. The number of aliphatic hydroxyl groups is 1. The fraction of sp³-hybridized carbons (Fsp3) is 0.273. The number of nitrogens with zero attached hydrogens (tertiary/aromatic N) is 3. The van der Waals surface area contributed by atoms with E-state index >= 15 is 0 Å². The second-order valence-corrected chi connectivity index (χ2v) is 4.28. The van der Waals surface area contributed by atoms with Crippen molar-refractivity contribution in [2.75, 3.05) is 6.61 Å². The van der Waals surface area contributed by atoms with E-state index in [0.29, 0.717) is 19.0 Å². The Morgan fingerprint density at radius 3 is 3.06 bits per heavy atom. The van der Waals surface area contributed by atoms with Crippen molar-refractivity contribution in [2.45, 2.75) is 13.2 Å². The molecule has 0 saturated carbocycles. The van der Waals surface area contributed by atoms with Gasteiger partial charge in [-0.1, -0.05) is 22.0 Å². The van der Waals surface area contributed by atoms with E-state index in [1.807, 2.05) is 24.3 Å². The lowest BCUT2D eigenvalue weighted by Gasteiger charge is -2.07. The predicted molar refractivity (Wildman–Crippen MR) is 65.6 cm³/mol. The van der Waals surface area contributed by atoms with Crippen molar-refractivity contribution < 1.29 is 9.84 Å². The highest BCUT2D eigenvalue weighted by Gasteiger charge is 2.02. The molecule has 1 aromatic heterocycles. The van der Waals surface area contributed by atoms with Crippen molar-refractivity contribution >= 4 is 15.9 Å². The van der Waals surface area contributed by atoms with Gasteiger partial charge in [0.1, 0.15) is 25.3 Å². The second-order valence-electron chi connectivity index (χ2n) is 3.36. The molecule has 2 rings (SSSR count). The first-order valence-corrected chi connectivity index (χ1v) is 5.95. The van der Waals surface area contributed by atoms with Crippen LogP contribution in [-0.4, -0.2) is 26.5 Å². The minimum absolute atomic E-state index is 0.114. The maximum Gasteiger partial charge on any atom is 0.152 e. The fourth-order valence-electron chi connectivity index (χ4n) is 1.40. The Kier molecular flexibility index (Phi) is 4.11. The minimum Gasteiger partial charge on any atom is -0.492 e. The van der Waals surface area contributed by atoms with Crippen LogP contribution in [0.1, 0.15) is 5.82 Å². The number of ether oxygens (including phenoxy) is 1. The summed E-state index contributed by atoms with van der Waals surface area (Å²) in [5.41, 5.74) is 0. The second kappa shape index (κ2) is 5.79. The van der Waals surface area contributed by atoms with Crippen molar-refractivity contribution in [3.05, 3.63) is 40.9 Å². The summed E-state index contributed by atoms with van der Waals surface area (Å²) in [6, 6.07) is 7.63. The van der Waals surface area contributed by atoms with E-state index in [1.165, 1.54) is 6.33 Å². The molecule has 0 aliphatic carbocycles. The summed E-state index contributed by atoms with van der Waals surface area (Å²) in [4.78, 5) is 3.91. The zero-order valence-electron chi connectivity index (χ0n) is 9.08. The van der Waals surface area contributed by atoms with Crippen LogP contribution in [0.2, 0.25) is 0 Å². The van der Waals surface area contributed by atoms with Crippen LogP contribution >= 0.6 is 15.9 Å². The van der Waals surface area contributed by atoms with Crippen LogP contribution in [0.15, 0.2) is 35.1 Å². The Bertz CT molecular complexity index is 487. The molecule has 0 aliphatic rings. The van der Waals surface area contributed by atoms with Crippen LogP contribution in [0.4, 0.5) is 0 Å². The summed E-state index contributed by atoms with van der Waals surface area (Å²) < 4.78 is 8.16. The van der Waals surface area contributed by atoms with Gasteiger partial charge in [-0.3, -0.25) is 0 Å². The summed E-state index contributed by atoms with van der Waals surface area (Å²) in [5.74, 6) is 1.34. The van der Waals surface area contributed by atoms with Crippen LogP contribution < -0.4 is 4.74 Å². The maximum absolute atomic E-state index is 8.99. The number of aliphatic hydroxyl groups excluding tert-OH is 1. The standard InChI is InChI=1S/C11H12BrN3O2/c12-9-2-1-3-10(6-9)17-5-4-15-11(7-16)13-8-14-15/h1-3,6,8,16H,4-5,7H2. The molecule has 1 N–H and O–H groups in total. The van der Waals surface area contributed by atoms with E-state index in [0.717, 1.165) is 10.2 Å². The third kappa shape index (κ3) is 3.28. The smallest absolute Gasteiger partial charge is 0.152 e. The number of hydrogen-bond acceptors (Lipinski definition) is 4. The molecule has 0 saturated heterocycles. The van der Waals surface area contributed by atoms with Gasteiger partial charge in [0.05, 0.1) is 6.54 Å². The summed E-state index contributed by atoms with van der Waals surface area (Å²) in [6.45, 7) is 0.923. The van der Waals surface area contributed by atoms with E-state index in [1.54, 1.807) is 4.68 Å². The maximum atomic E-state index is 8.99. The molecule has 0 atom stereocenters. The quantitative estimate of drug-likeness (QED) is 0.911. The Balaban J connectivity index is 1.87. The summed E-state index contributed by atoms with van der Waals surface area (Å²) in [6.07, 6.45) is 1.42. The molecular weight excluding hydrogens is 286 g/mol. The van der Waals surface area contributed by atoms with Gasteiger partial charge in [0.25, 0.3) is 0 Å². The predicted octanol–water partition coefficient (Wildman–Crippen LogP) is 1.61. The van der Waals surface area contributed by atoms with Crippen LogP contribution in [0.25, 0.3) is 0 Å². The normalized spacial score (nSPS) is 10.5. The Morgan fingerprint density at radius 1 is 1.41 bits per heavy atom. The lowest BCUT2D eigenvalue weighted by Crippen LogP contribution is -2.12. The molecule has 0 amide bonds. The van der Waals surface area contributed by atoms with Gasteiger partial charge in [-0.2, -0.15) is 5.10 Å². The summed E-state index contributed by atoms with van der Waals surface area (Å²) in [7, 11) is 0. The van der Waals surface area contributed by atoms with Crippen molar-refractivity contribution in [1.82, 2.24) is 14.8 Å². The average Bonchev–Trinajstić information content (AvgIpc) is 2.77. The molecule has 0 radical (unpaired) electrons. The van der Waals surface area contributed by atoms with Crippen molar-refractivity contribution in [1.29, 1.82) is 0 Å². The van der Waals surface area contributed by atoms with Crippen LogP contribution in [-0.2, 0) is 13.2 Å². The van der Waals surface area contributed by atoms with Gasteiger partial charge in [0, 0.05) is 4.47 Å². The van der Waals surface area contributed by atoms with Crippen LogP contribution in [0, 0.1) is 0 Å². The lowest BCUT2D eigenvalue weighted by atomic mass is 10.3. The number of rotatable bonds is 5. The first kappa shape index (κ1) is 12.1. The third-order valence-corrected chi connectivity index (χ3v) is 2.70. The molecular formula is C11H12BrN3O2. The molecule has 1 heterocycles. The highest BCUT2D eigenvalue weighted by molar-refractivity contribution is 9.10. The third-order valence-electron chi connectivity index (χ3n) is 2.21. The Morgan fingerprint density at radius 2 is 2.29 bits per heavy atom. The average molecular weight is 298 g/mol. The first-order chi connectivity index (χ1) is 8.29. The number of hydrogen-bond donors (Lipinski definition) is 1. The van der Waals surface area contributed by atoms with Gasteiger partial charge < -0.3 is 9.84 Å². The van der Waals surface area contributed by atoms with Gasteiger partial charge in [-0.15, -0.1) is 0 Å². The van der Waals surface area contributed by atoms with Crippen molar-refractivity contribution in [3.63, 3.8) is 0 Å². The molecule has 0 aliphatic heterocycles. The number of aromatic nitrogens is 3. The van der Waals surface area contributed by atoms with Gasteiger partial charge in [-0.25, -0.2) is 9.67 Å². The molecule has 0 unspecified atom stereocenters. The fourth-order valence-corrected chi connectivity index (χ4v) is 1.78. The molecule has 5 nitrogen and oxygen atoms in total. The molecule has 90 valence electrons. The van der Waals surface area contributed by atoms with Crippen molar-refractivity contribution in [3.8, 4) is 5.75 Å². The Labute approximate surface area is 107 Å². The zero-order chi connectivity index (χ0) is 12.1. The topological polar surface area (TPSA) is 60.2 Å². The molecule has 1 aromatic carbocycles. The van der Waals surface area contributed by atoms with E-state index < -0.39 is 0 Å². The molecule has 0 fully saturated rings. The van der Waals surface area contributed by atoms with Gasteiger partial charge in [0.2, 0.25) is 0 Å². The number of benzene rings is 1. The largest absolute Gasteiger partial charge is 0.492 e. The lowest BCUT2D eigenvalue weighted by molar-refractivity contribution is 0.248. The van der Waals surface area contributed by atoms with E-state index in [2.05, 4.69) is 26.0 Å². The highest BCUT2D eigenvalue weighted by Crippen LogP contribution is 2.17. The monoisotopic (exact) mass is 297 g/mol. The van der Waals surface area contributed by atoms with Gasteiger partial charge in [0.15, 0.2) is 5.82 Å². The van der Waals surface area contributed by atoms with E-state index in [-0.39, 0.29) is 6.61 Å². The van der Waals surface area contributed by atoms with Crippen LogP contribution in [0.5, 0.6) is 5.75 Å². The Hall–Kier alpha value is -1.40. The first-order valence-electron chi connectivity index (χ1n) is 5.15. The molecule has 0 bridgehead atoms. The van der Waals surface area contributed by atoms with E-state index in [9.17, 15) is 0 Å². The van der Waals surface area contributed by atoms with Crippen molar-refractivity contribution in [2.24, 2.45) is 0 Å². The molecule has 17 heavy (non-hydrogen) atoms. The minimum atomic E-state index is -0.114. The highest BCUT2D eigenvalue weighted by atomic mass is 79.9. The van der Waals surface area contributed by atoms with Crippen LogP contribution in [0.3, 0.4) is 0 Å². The summed E-state index contributed by atoms with van der Waals surface area (Å²) >= 11 is 3.37.